The number of rotatable bonds is 3. The van der Waals surface area contributed by atoms with Gasteiger partial charge in [0.15, 0.2) is 6.61 Å². The largest absolute Gasteiger partial charge is 0.482 e. The van der Waals surface area contributed by atoms with Crippen molar-refractivity contribution in [1.29, 1.82) is 0 Å². The standard InChI is InChI=1S/C18H16Cl2N2O3/c1-10-3-6-16-15(7-10)22(17(23)9-25-16)11(2)18(24)21-14-8-12(19)4-5-13(14)20/h3-8,11H,9H2,1-2H3,(H,21,24). The molecule has 5 nitrogen and oxygen atoms in total. The van der Waals surface area contributed by atoms with Gasteiger partial charge in [-0.05, 0) is 49.7 Å². The van der Waals surface area contributed by atoms with E-state index in [9.17, 15) is 9.59 Å². The fourth-order valence-corrected chi connectivity index (χ4v) is 2.99. The lowest BCUT2D eigenvalue weighted by Gasteiger charge is -2.33. The number of carbonyl (C=O) groups excluding carboxylic acids is 2. The van der Waals surface area contributed by atoms with Crippen LogP contribution in [0.15, 0.2) is 36.4 Å². The van der Waals surface area contributed by atoms with E-state index in [1.54, 1.807) is 31.2 Å². The minimum Gasteiger partial charge on any atom is -0.482 e. The van der Waals surface area contributed by atoms with Gasteiger partial charge >= 0.3 is 0 Å². The molecule has 0 bridgehead atoms. The Kier molecular flexibility index (Phi) is 4.88. The van der Waals surface area contributed by atoms with Crippen LogP contribution in [0.1, 0.15) is 12.5 Å². The number of nitrogens with one attached hydrogen (secondary N) is 1. The third-order valence-electron chi connectivity index (χ3n) is 3.95. The Bertz CT molecular complexity index is 854. The molecule has 3 rings (SSSR count). The summed E-state index contributed by atoms with van der Waals surface area (Å²) in [6.45, 7) is 3.46. The Morgan fingerprint density at radius 3 is 2.76 bits per heavy atom. The first-order chi connectivity index (χ1) is 11.9. The highest BCUT2D eigenvalue weighted by Gasteiger charge is 2.33. The van der Waals surface area contributed by atoms with Gasteiger partial charge in [-0.1, -0.05) is 29.3 Å². The molecule has 0 fully saturated rings. The van der Waals surface area contributed by atoms with E-state index in [1.807, 2.05) is 19.1 Å². The number of amides is 2. The van der Waals surface area contributed by atoms with E-state index in [4.69, 9.17) is 27.9 Å². The van der Waals surface area contributed by atoms with Gasteiger partial charge in [0.2, 0.25) is 5.91 Å². The highest BCUT2D eigenvalue weighted by Crippen LogP contribution is 2.34. The van der Waals surface area contributed by atoms with E-state index in [-0.39, 0.29) is 18.4 Å². The van der Waals surface area contributed by atoms with Gasteiger partial charge in [-0.3, -0.25) is 14.5 Å². The summed E-state index contributed by atoms with van der Waals surface area (Å²) >= 11 is 12.0. The van der Waals surface area contributed by atoms with Crippen molar-refractivity contribution in [1.82, 2.24) is 0 Å². The van der Waals surface area contributed by atoms with Gasteiger partial charge < -0.3 is 10.1 Å². The number of hydrogen-bond acceptors (Lipinski definition) is 3. The molecule has 130 valence electrons. The molecule has 0 saturated carbocycles. The minimum absolute atomic E-state index is 0.106. The fraction of sp³-hybridized carbons (Fsp3) is 0.222. The van der Waals surface area contributed by atoms with Gasteiger partial charge in [-0.15, -0.1) is 0 Å². The number of fused-ring (bicyclic) bond motifs is 1. The highest BCUT2D eigenvalue weighted by atomic mass is 35.5. The molecule has 0 saturated heterocycles. The van der Waals surface area contributed by atoms with Crippen LogP contribution in [0.25, 0.3) is 0 Å². The molecule has 1 aliphatic rings. The van der Waals surface area contributed by atoms with Crippen molar-refractivity contribution >= 4 is 46.4 Å². The van der Waals surface area contributed by atoms with Gasteiger partial charge in [0.05, 0.1) is 16.4 Å². The number of benzene rings is 2. The molecular weight excluding hydrogens is 363 g/mol. The first kappa shape index (κ1) is 17.6. The number of aryl methyl sites for hydroxylation is 1. The highest BCUT2D eigenvalue weighted by molar-refractivity contribution is 6.35. The lowest BCUT2D eigenvalue weighted by atomic mass is 10.1. The summed E-state index contributed by atoms with van der Waals surface area (Å²) in [6.07, 6.45) is 0. The third kappa shape index (κ3) is 3.57. The molecule has 2 aromatic rings. The average molecular weight is 379 g/mol. The smallest absolute Gasteiger partial charge is 0.265 e. The van der Waals surface area contributed by atoms with Crippen LogP contribution in [0.3, 0.4) is 0 Å². The zero-order valence-corrected chi connectivity index (χ0v) is 15.2. The van der Waals surface area contributed by atoms with Gasteiger partial charge in [0.1, 0.15) is 11.8 Å². The SMILES string of the molecule is Cc1ccc2c(c1)N(C(C)C(=O)Nc1cc(Cl)ccc1Cl)C(=O)CO2. The third-order valence-corrected chi connectivity index (χ3v) is 4.51. The summed E-state index contributed by atoms with van der Waals surface area (Å²) in [4.78, 5) is 26.5. The summed E-state index contributed by atoms with van der Waals surface area (Å²) in [5.41, 5.74) is 1.94. The molecule has 1 atom stereocenters. The second-order valence-corrected chi connectivity index (χ2v) is 6.66. The van der Waals surface area contributed by atoms with E-state index in [0.29, 0.717) is 27.2 Å². The number of hydrogen-bond donors (Lipinski definition) is 1. The minimum atomic E-state index is -0.744. The molecule has 0 aromatic heterocycles. The van der Waals surface area contributed by atoms with Crippen molar-refractivity contribution in [3.63, 3.8) is 0 Å². The molecular formula is C18H16Cl2N2O3. The molecule has 2 amide bonds. The molecule has 25 heavy (non-hydrogen) atoms. The molecule has 7 heteroatoms. The topological polar surface area (TPSA) is 58.6 Å². The monoisotopic (exact) mass is 378 g/mol. The zero-order chi connectivity index (χ0) is 18.1. The van der Waals surface area contributed by atoms with Gasteiger partial charge in [0, 0.05) is 5.02 Å². The second kappa shape index (κ2) is 6.94. The zero-order valence-electron chi connectivity index (χ0n) is 13.7. The van der Waals surface area contributed by atoms with Gasteiger partial charge in [-0.25, -0.2) is 0 Å². The van der Waals surface area contributed by atoms with Crippen molar-refractivity contribution in [2.45, 2.75) is 19.9 Å². The summed E-state index contributed by atoms with van der Waals surface area (Å²) in [5, 5.41) is 3.55. The molecule has 1 unspecified atom stereocenters. The quantitative estimate of drug-likeness (QED) is 0.875. The summed E-state index contributed by atoms with van der Waals surface area (Å²) in [5.74, 6) is -0.0737. The number of anilines is 2. The summed E-state index contributed by atoms with van der Waals surface area (Å²) in [7, 11) is 0. The summed E-state index contributed by atoms with van der Waals surface area (Å²) < 4.78 is 5.44. The fourth-order valence-electron chi connectivity index (χ4n) is 2.65. The number of carbonyl (C=O) groups is 2. The first-order valence-corrected chi connectivity index (χ1v) is 8.44. The van der Waals surface area contributed by atoms with Crippen LogP contribution in [0.4, 0.5) is 11.4 Å². The van der Waals surface area contributed by atoms with Gasteiger partial charge in [0.25, 0.3) is 5.91 Å². The van der Waals surface area contributed by atoms with E-state index in [2.05, 4.69) is 5.32 Å². The molecule has 0 radical (unpaired) electrons. The van der Waals surface area contributed by atoms with Crippen molar-refractivity contribution in [3.05, 3.63) is 52.0 Å². The van der Waals surface area contributed by atoms with E-state index < -0.39 is 6.04 Å². The maximum atomic E-state index is 12.7. The predicted octanol–water partition coefficient (Wildman–Crippen LogP) is 4.05. The Balaban J connectivity index is 1.88. The van der Waals surface area contributed by atoms with Crippen molar-refractivity contribution in [3.8, 4) is 5.75 Å². The van der Waals surface area contributed by atoms with E-state index in [0.717, 1.165) is 5.56 Å². The van der Waals surface area contributed by atoms with E-state index >= 15 is 0 Å². The van der Waals surface area contributed by atoms with Crippen LogP contribution in [0, 0.1) is 6.92 Å². The van der Waals surface area contributed by atoms with Crippen molar-refractivity contribution < 1.29 is 14.3 Å². The van der Waals surface area contributed by atoms with Crippen LogP contribution in [0.5, 0.6) is 5.75 Å². The Morgan fingerprint density at radius 1 is 1.24 bits per heavy atom. The normalized spacial score (nSPS) is 14.6. The van der Waals surface area contributed by atoms with Crippen LogP contribution >= 0.6 is 23.2 Å². The summed E-state index contributed by atoms with van der Waals surface area (Å²) in [6, 6.07) is 9.56. The number of halogens is 2. The maximum absolute atomic E-state index is 12.7. The lowest BCUT2D eigenvalue weighted by Crippen LogP contribution is -2.49. The van der Waals surface area contributed by atoms with E-state index in [1.165, 1.54) is 4.90 Å². The number of ether oxygens (including phenoxy) is 1. The molecule has 1 heterocycles. The Hall–Kier alpha value is -2.24. The molecule has 2 aromatic carbocycles. The second-order valence-electron chi connectivity index (χ2n) is 5.81. The van der Waals surface area contributed by atoms with Crippen molar-refractivity contribution in [2.24, 2.45) is 0 Å². The molecule has 1 N–H and O–H groups in total. The van der Waals surface area contributed by atoms with Crippen LogP contribution in [-0.2, 0) is 9.59 Å². The molecule has 0 spiro atoms. The number of nitrogens with zero attached hydrogens (tertiary/aromatic N) is 1. The maximum Gasteiger partial charge on any atom is 0.265 e. The lowest BCUT2D eigenvalue weighted by molar-refractivity contribution is -0.125. The Labute approximate surface area is 155 Å². The molecule has 0 aliphatic carbocycles. The van der Waals surface area contributed by atoms with Crippen LogP contribution in [-0.4, -0.2) is 24.5 Å². The first-order valence-electron chi connectivity index (χ1n) is 7.68. The average Bonchev–Trinajstić information content (AvgIpc) is 2.57. The van der Waals surface area contributed by atoms with Crippen LogP contribution < -0.4 is 15.0 Å². The van der Waals surface area contributed by atoms with Crippen molar-refractivity contribution in [2.75, 3.05) is 16.8 Å². The Morgan fingerprint density at radius 2 is 2.00 bits per heavy atom. The molecule has 1 aliphatic heterocycles. The van der Waals surface area contributed by atoms with Gasteiger partial charge in [-0.2, -0.15) is 0 Å². The van der Waals surface area contributed by atoms with Crippen LogP contribution in [0.2, 0.25) is 10.0 Å². The predicted molar refractivity (Wildman–Crippen MR) is 98.7 cm³/mol.